The normalized spacial score (nSPS) is 16.2. The molecule has 0 aliphatic heterocycles. The minimum absolute atomic E-state index is 0.157. The number of aliphatic hydroxyl groups excluding tert-OH is 2. The van der Waals surface area contributed by atoms with Gasteiger partial charge in [-0.1, -0.05) is 26.0 Å². The first-order chi connectivity index (χ1) is 12.9. The van der Waals surface area contributed by atoms with Crippen LogP contribution in [-0.2, 0) is 15.2 Å². The third-order valence-corrected chi connectivity index (χ3v) is 4.37. The fraction of sp³-hybridized carbons (Fsp3) is 0.579. The van der Waals surface area contributed by atoms with Crippen LogP contribution in [0.3, 0.4) is 0 Å². The minimum atomic E-state index is -2.27. The Kier molecular flexibility index (Phi) is 10.7. The number of carboxylic acids is 2. The highest BCUT2D eigenvalue weighted by Gasteiger charge is 2.34. The number of aliphatic carboxylic acids is 2. The van der Waals surface area contributed by atoms with E-state index in [1.54, 1.807) is 7.11 Å². The van der Waals surface area contributed by atoms with Crippen LogP contribution < -0.4 is 4.74 Å². The maximum Gasteiger partial charge on any atom is 0.335 e. The van der Waals surface area contributed by atoms with Crippen molar-refractivity contribution in [1.82, 2.24) is 4.90 Å². The first-order valence-corrected chi connectivity index (χ1v) is 8.74. The Hall–Kier alpha value is -2.20. The number of hydrogen-bond acceptors (Lipinski definition) is 7. The van der Waals surface area contributed by atoms with E-state index < -0.39 is 29.7 Å². The number of ether oxygens (including phenoxy) is 1. The summed E-state index contributed by atoms with van der Waals surface area (Å²) in [6.45, 7) is 4.95. The van der Waals surface area contributed by atoms with Gasteiger partial charge in [0.1, 0.15) is 5.75 Å². The predicted molar refractivity (Wildman–Crippen MR) is 102 cm³/mol. The Labute approximate surface area is 164 Å². The molecule has 0 saturated carbocycles. The zero-order valence-electron chi connectivity index (χ0n) is 16.9. The molecule has 0 fully saturated rings. The number of methoxy groups -OCH3 is 1. The molecule has 0 radical (unpaired) electrons. The van der Waals surface area contributed by atoms with Gasteiger partial charge < -0.3 is 35.2 Å². The number of nitrogens with zero attached hydrogens (tertiary/aromatic N) is 1. The number of aliphatic hydroxyl groups is 3. The zero-order chi connectivity index (χ0) is 22.1. The van der Waals surface area contributed by atoms with Crippen molar-refractivity contribution in [2.24, 2.45) is 5.92 Å². The fourth-order valence-electron chi connectivity index (χ4n) is 2.70. The molecule has 1 aromatic rings. The Morgan fingerprint density at radius 3 is 2.00 bits per heavy atom. The predicted octanol–water partition coefficient (Wildman–Crippen LogP) is 0.368. The van der Waals surface area contributed by atoms with Crippen LogP contribution in [0.1, 0.15) is 25.8 Å². The van der Waals surface area contributed by atoms with Crippen molar-refractivity contribution in [1.29, 1.82) is 0 Å². The summed E-state index contributed by atoms with van der Waals surface area (Å²) in [5.41, 5.74) is 0.123. The Morgan fingerprint density at radius 1 is 1.14 bits per heavy atom. The Bertz CT molecular complexity index is 618. The molecule has 1 aromatic carbocycles. The second kappa shape index (κ2) is 11.6. The van der Waals surface area contributed by atoms with Crippen LogP contribution in [0, 0.1) is 5.92 Å². The van der Waals surface area contributed by atoms with Crippen molar-refractivity contribution < 1.29 is 39.9 Å². The molecule has 1 rings (SSSR count). The van der Waals surface area contributed by atoms with Gasteiger partial charge in [0.15, 0.2) is 12.2 Å². The van der Waals surface area contributed by atoms with Crippen molar-refractivity contribution in [2.75, 3.05) is 27.7 Å². The van der Waals surface area contributed by atoms with E-state index in [0.29, 0.717) is 6.42 Å². The summed E-state index contributed by atoms with van der Waals surface area (Å²) in [5, 5.41) is 43.5. The summed E-state index contributed by atoms with van der Waals surface area (Å²) < 4.78 is 5.23. The molecular weight excluding hydrogens is 370 g/mol. The van der Waals surface area contributed by atoms with Gasteiger partial charge in [0, 0.05) is 12.5 Å². The lowest BCUT2D eigenvalue weighted by Crippen LogP contribution is -2.39. The molecule has 0 aliphatic rings. The summed E-state index contributed by atoms with van der Waals surface area (Å²) in [5.74, 6) is -2.59. The molecule has 4 atom stereocenters. The Balaban J connectivity index is 0.000000621. The third kappa shape index (κ3) is 7.43. The highest BCUT2D eigenvalue weighted by molar-refractivity contribution is 5.83. The van der Waals surface area contributed by atoms with E-state index in [9.17, 15) is 14.7 Å². The molecule has 4 unspecified atom stereocenters. The molecule has 28 heavy (non-hydrogen) atoms. The standard InChI is InChI=1S/C15H25NO2.C4H6O6/c1-6-15(17,12(2)11-16(3)4)13-8-7-9-14(10-13)18-5;5-1(3(7)8)2(6)4(9)10/h7-10,12,17H,6,11H2,1-5H3;1-2,5-6H,(H,7,8)(H,9,10). The van der Waals surface area contributed by atoms with E-state index in [2.05, 4.69) is 11.8 Å². The zero-order valence-corrected chi connectivity index (χ0v) is 16.9. The summed E-state index contributed by atoms with van der Waals surface area (Å²) in [7, 11) is 5.70. The number of carboxylic acid groups (broad SMARTS) is 2. The smallest absolute Gasteiger partial charge is 0.335 e. The lowest BCUT2D eigenvalue weighted by Gasteiger charge is -2.35. The van der Waals surface area contributed by atoms with E-state index >= 15 is 0 Å². The largest absolute Gasteiger partial charge is 0.497 e. The van der Waals surface area contributed by atoms with Gasteiger partial charge in [-0.05, 0) is 38.2 Å². The molecule has 9 heteroatoms. The number of benzene rings is 1. The summed E-state index contributed by atoms with van der Waals surface area (Å²) >= 11 is 0. The minimum Gasteiger partial charge on any atom is -0.497 e. The molecule has 5 N–H and O–H groups in total. The van der Waals surface area contributed by atoms with Gasteiger partial charge in [0.25, 0.3) is 0 Å². The Morgan fingerprint density at radius 2 is 1.64 bits per heavy atom. The van der Waals surface area contributed by atoms with Crippen molar-refractivity contribution in [3.05, 3.63) is 29.8 Å². The van der Waals surface area contributed by atoms with Crippen LogP contribution in [0.2, 0.25) is 0 Å². The van der Waals surface area contributed by atoms with Crippen molar-refractivity contribution in [3.8, 4) is 5.75 Å². The molecule has 0 saturated heterocycles. The molecule has 0 amide bonds. The molecule has 9 nitrogen and oxygen atoms in total. The topological polar surface area (TPSA) is 148 Å². The van der Waals surface area contributed by atoms with Gasteiger partial charge >= 0.3 is 11.9 Å². The van der Waals surface area contributed by atoms with Crippen LogP contribution >= 0.6 is 0 Å². The van der Waals surface area contributed by atoms with E-state index in [-0.39, 0.29) is 5.92 Å². The average Bonchev–Trinajstić information content (AvgIpc) is 2.65. The van der Waals surface area contributed by atoms with Gasteiger partial charge in [-0.15, -0.1) is 0 Å². The van der Waals surface area contributed by atoms with E-state index in [1.165, 1.54) is 0 Å². The third-order valence-electron chi connectivity index (χ3n) is 4.37. The van der Waals surface area contributed by atoms with Crippen molar-refractivity contribution >= 4 is 11.9 Å². The van der Waals surface area contributed by atoms with Crippen LogP contribution in [0.15, 0.2) is 24.3 Å². The second-order valence-electron chi connectivity index (χ2n) is 6.74. The van der Waals surface area contributed by atoms with Gasteiger partial charge in [0.2, 0.25) is 0 Å². The van der Waals surface area contributed by atoms with Crippen molar-refractivity contribution in [2.45, 2.75) is 38.1 Å². The lowest BCUT2D eigenvalue weighted by atomic mass is 9.80. The summed E-state index contributed by atoms with van der Waals surface area (Å²) in [6, 6.07) is 7.72. The second-order valence-corrected chi connectivity index (χ2v) is 6.74. The van der Waals surface area contributed by atoms with E-state index in [0.717, 1.165) is 17.9 Å². The quantitative estimate of drug-likeness (QED) is 0.396. The van der Waals surface area contributed by atoms with Crippen LogP contribution in [0.25, 0.3) is 0 Å². The molecule has 0 spiro atoms. The van der Waals surface area contributed by atoms with Crippen molar-refractivity contribution in [3.63, 3.8) is 0 Å². The lowest BCUT2D eigenvalue weighted by molar-refractivity contribution is -0.165. The van der Waals surface area contributed by atoms with Gasteiger partial charge in [-0.3, -0.25) is 0 Å². The molecular formula is C19H31NO8. The molecule has 0 aromatic heterocycles. The maximum atomic E-state index is 10.9. The monoisotopic (exact) mass is 401 g/mol. The first kappa shape index (κ1) is 25.8. The van der Waals surface area contributed by atoms with Gasteiger partial charge in [-0.25, -0.2) is 9.59 Å². The highest BCUT2D eigenvalue weighted by atomic mass is 16.5. The van der Waals surface area contributed by atoms with E-state index in [4.69, 9.17) is 25.2 Å². The molecule has 0 bridgehead atoms. The fourth-order valence-corrected chi connectivity index (χ4v) is 2.70. The van der Waals surface area contributed by atoms with Crippen LogP contribution in [0.5, 0.6) is 5.75 Å². The van der Waals surface area contributed by atoms with E-state index in [1.807, 2.05) is 45.3 Å². The summed E-state index contributed by atoms with van der Waals surface area (Å²) in [6.07, 6.45) is -3.84. The molecule has 0 aliphatic carbocycles. The van der Waals surface area contributed by atoms with Crippen LogP contribution in [-0.4, -0.2) is 82.3 Å². The van der Waals surface area contributed by atoms with Crippen LogP contribution in [0.4, 0.5) is 0 Å². The number of hydrogen-bond donors (Lipinski definition) is 5. The van der Waals surface area contributed by atoms with Gasteiger partial charge in [-0.2, -0.15) is 0 Å². The number of rotatable bonds is 9. The summed E-state index contributed by atoms with van der Waals surface area (Å²) in [4.78, 5) is 21.6. The molecule has 160 valence electrons. The average molecular weight is 401 g/mol. The highest BCUT2D eigenvalue weighted by Crippen LogP contribution is 2.34. The van der Waals surface area contributed by atoms with Gasteiger partial charge in [0.05, 0.1) is 12.7 Å². The molecule has 0 heterocycles. The SMILES string of the molecule is CCC(O)(c1cccc(OC)c1)C(C)CN(C)C.O=C(O)C(O)C(O)C(=O)O. The number of carbonyl (C=O) groups is 2. The maximum absolute atomic E-state index is 10.9. The first-order valence-electron chi connectivity index (χ1n) is 8.74.